The maximum atomic E-state index is 13.0. The Hall–Kier alpha value is -2.38. The minimum atomic E-state index is -3.29. The van der Waals surface area contributed by atoms with Crippen molar-refractivity contribution in [2.45, 2.75) is 25.3 Å². The molecule has 7 heteroatoms. The van der Waals surface area contributed by atoms with Gasteiger partial charge in [0, 0.05) is 18.7 Å². The first-order chi connectivity index (χ1) is 13.9. The molecule has 1 fully saturated rings. The van der Waals surface area contributed by atoms with Crippen molar-refractivity contribution < 1.29 is 13.2 Å². The van der Waals surface area contributed by atoms with Gasteiger partial charge in [-0.1, -0.05) is 30.3 Å². The first kappa shape index (κ1) is 19.9. The van der Waals surface area contributed by atoms with Gasteiger partial charge in [-0.15, -0.1) is 0 Å². The Morgan fingerprint density at radius 1 is 1.07 bits per heavy atom. The summed E-state index contributed by atoms with van der Waals surface area (Å²) in [6, 6.07) is 15.3. The summed E-state index contributed by atoms with van der Waals surface area (Å²) in [7, 11) is -3.29. The molecule has 154 valence electrons. The van der Waals surface area contributed by atoms with E-state index in [0.29, 0.717) is 24.2 Å². The molecule has 0 aromatic heterocycles. The minimum absolute atomic E-state index is 0.0810. The van der Waals surface area contributed by atoms with E-state index in [-0.39, 0.29) is 11.9 Å². The number of fused-ring (bicyclic) bond motifs is 1. The minimum Gasteiger partial charge on any atom is -0.344 e. The SMILES string of the molecule is CS(=O)(=O)N1CCc2cc(C(=O)NC(CN3CCCC3)c3ccccc3)ccc21. The molecular formula is C22H27N3O3S. The van der Waals surface area contributed by atoms with Crippen LogP contribution in [-0.4, -0.2) is 51.7 Å². The van der Waals surface area contributed by atoms with E-state index in [9.17, 15) is 13.2 Å². The van der Waals surface area contributed by atoms with E-state index >= 15 is 0 Å². The van der Waals surface area contributed by atoms with Crippen LogP contribution in [0.1, 0.15) is 40.4 Å². The number of carbonyl (C=O) groups is 1. The van der Waals surface area contributed by atoms with Gasteiger partial charge in [-0.3, -0.25) is 9.10 Å². The fraction of sp³-hybridized carbons (Fsp3) is 0.409. The fourth-order valence-corrected chi connectivity index (χ4v) is 5.20. The topological polar surface area (TPSA) is 69.7 Å². The maximum absolute atomic E-state index is 13.0. The van der Waals surface area contributed by atoms with Gasteiger partial charge in [0.1, 0.15) is 0 Å². The van der Waals surface area contributed by atoms with Crippen molar-refractivity contribution in [2.24, 2.45) is 0 Å². The second kappa shape index (κ2) is 8.16. The van der Waals surface area contributed by atoms with Crippen LogP contribution < -0.4 is 9.62 Å². The molecule has 0 radical (unpaired) electrons. The summed E-state index contributed by atoms with van der Waals surface area (Å²) in [6.45, 7) is 3.36. The number of carbonyl (C=O) groups excluding carboxylic acids is 1. The van der Waals surface area contributed by atoms with Gasteiger partial charge in [0.15, 0.2) is 0 Å². The summed E-state index contributed by atoms with van der Waals surface area (Å²) in [5, 5.41) is 3.20. The van der Waals surface area contributed by atoms with Crippen molar-refractivity contribution in [2.75, 3.05) is 36.7 Å². The highest BCUT2D eigenvalue weighted by atomic mass is 32.2. The summed E-state index contributed by atoms with van der Waals surface area (Å²) in [4.78, 5) is 15.4. The van der Waals surface area contributed by atoms with E-state index < -0.39 is 10.0 Å². The Kier molecular flexibility index (Phi) is 5.61. The molecule has 2 aromatic carbocycles. The molecule has 0 spiro atoms. The lowest BCUT2D eigenvalue weighted by Crippen LogP contribution is -2.37. The van der Waals surface area contributed by atoms with Crippen LogP contribution in [0.25, 0.3) is 0 Å². The summed E-state index contributed by atoms with van der Waals surface area (Å²) in [6.07, 6.45) is 4.25. The number of nitrogens with zero attached hydrogens (tertiary/aromatic N) is 2. The Labute approximate surface area is 172 Å². The smallest absolute Gasteiger partial charge is 0.251 e. The standard InChI is InChI=1S/C22H27N3O3S/c1-29(27,28)25-14-11-18-15-19(9-10-21(18)25)22(26)23-20(16-24-12-5-6-13-24)17-7-3-2-4-8-17/h2-4,7-10,15,20H,5-6,11-14,16H2,1H3,(H,23,26). The Bertz CT molecular complexity index is 986. The second-order valence-corrected chi connectivity index (χ2v) is 9.78. The summed E-state index contributed by atoms with van der Waals surface area (Å²) >= 11 is 0. The first-order valence-electron chi connectivity index (χ1n) is 10.1. The van der Waals surface area contributed by atoms with Crippen LogP contribution in [0.5, 0.6) is 0 Å². The Balaban J connectivity index is 1.53. The highest BCUT2D eigenvalue weighted by Crippen LogP contribution is 2.31. The van der Waals surface area contributed by atoms with E-state index in [0.717, 1.165) is 30.8 Å². The van der Waals surface area contributed by atoms with Gasteiger partial charge in [-0.05, 0) is 61.7 Å². The van der Waals surface area contributed by atoms with Gasteiger partial charge in [-0.25, -0.2) is 8.42 Å². The number of rotatable bonds is 6. The molecule has 0 aliphatic carbocycles. The largest absolute Gasteiger partial charge is 0.344 e. The highest BCUT2D eigenvalue weighted by Gasteiger charge is 2.27. The number of anilines is 1. The monoisotopic (exact) mass is 413 g/mol. The van der Waals surface area contributed by atoms with E-state index in [1.54, 1.807) is 12.1 Å². The van der Waals surface area contributed by atoms with Crippen molar-refractivity contribution in [3.8, 4) is 0 Å². The molecule has 2 aromatic rings. The molecular weight excluding hydrogens is 386 g/mol. The zero-order valence-corrected chi connectivity index (χ0v) is 17.5. The molecule has 6 nitrogen and oxygen atoms in total. The lowest BCUT2D eigenvalue weighted by Gasteiger charge is -2.25. The molecule has 29 heavy (non-hydrogen) atoms. The molecule has 0 bridgehead atoms. The summed E-state index contributed by atoms with van der Waals surface area (Å²) < 4.78 is 25.3. The molecule has 0 saturated carbocycles. The average Bonchev–Trinajstić information content (AvgIpc) is 3.36. The van der Waals surface area contributed by atoms with Crippen LogP contribution in [0.2, 0.25) is 0 Å². The van der Waals surface area contributed by atoms with Gasteiger partial charge >= 0.3 is 0 Å². The van der Waals surface area contributed by atoms with E-state index in [1.165, 1.54) is 23.4 Å². The fourth-order valence-electron chi connectivity index (χ4n) is 4.24. The van der Waals surface area contributed by atoms with Crippen LogP contribution in [-0.2, 0) is 16.4 Å². The normalized spacial score (nSPS) is 17.9. The predicted molar refractivity (Wildman–Crippen MR) is 115 cm³/mol. The Morgan fingerprint density at radius 3 is 2.48 bits per heavy atom. The molecule has 2 heterocycles. The number of benzene rings is 2. The van der Waals surface area contributed by atoms with Crippen molar-refractivity contribution in [3.63, 3.8) is 0 Å². The lowest BCUT2D eigenvalue weighted by atomic mass is 10.0. The number of hydrogen-bond donors (Lipinski definition) is 1. The predicted octanol–water partition coefficient (Wildman–Crippen LogP) is 2.58. The average molecular weight is 414 g/mol. The van der Waals surface area contributed by atoms with Gasteiger partial charge in [-0.2, -0.15) is 0 Å². The van der Waals surface area contributed by atoms with Crippen molar-refractivity contribution in [3.05, 3.63) is 65.2 Å². The lowest BCUT2D eigenvalue weighted by molar-refractivity contribution is 0.0927. The second-order valence-electron chi connectivity index (χ2n) is 7.87. The molecule has 2 aliphatic rings. The molecule has 2 aliphatic heterocycles. The third kappa shape index (κ3) is 4.46. The number of hydrogen-bond acceptors (Lipinski definition) is 4. The van der Waals surface area contributed by atoms with E-state index in [4.69, 9.17) is 0 Å². The van der Waals surface area contributed by atoms with Gasteiger partial charge < -0.3 is 10.2 Å². The maximum Gasteiger partial charge on any atom is 0.251 e. The number of amides is 1. The number of likely N-dealkylation sites (tertiary alicyclic amines) is 1. The quantitative estimate of drug-likeness (QED) is 0.790. The van der Waals surface area contributed by atoms with Crippen molar-refractivity contribution in [1.29, 1.82) is 0 Å². The number of nitrogens with one attached hydrogen (secondary N) is 1. The van der Waals surface area contributed by atoms with E-state index in [2.05, 4.69) is 10.2 Å². The van der Waals surface area contributed by atoms with Crippen LogP contribution in [0.3, 0.4) is 0 Å². The van der Waals surface area contributed by atoms with E-state index in [1.807, 2.05) is 36.4 Å². The summed E-state index contributed by atoms with van der Waals surface area (Å²) in [5.41, 5.74) is 3.25. The van der Waals surface area contributed by atoms with Gasteiger partial charge in [0.25, 0.3) is 5.91 Å². The van der Waals surface area contributed by atoms with Crippen molar-refractivity contribution >= 4 is 21.6 Å². The molecule has 1 N–H and O–H groups in total. The highest BCUT2D eigenvalue weighted by molar-refractivity contribution is 7.92. The molecule has 1 amide bonds. The molecule has 1 atom stereocenters. The van der Waals surface area contributed by atoms with Gasteiger partial charge in [0.2, 0.25) is 10.0 Å². The van der Waals surface area contributed by atoms with Crippen LogP contribution >= 0.6 is 0 Å². The zero-order chi connectivity index (χ0) is 20.4. The van der Waals surface area contributed by atoms with Crippen LogP contribution in [0.4, 0.5) is 5.69 Å². The molecule has 4 rings (SSSR count). The summed E-state index contributed by atoms with van der Waals surface area (Å²) in [5.74, 6) is -0.126. The Morgan fingerprint density at radius 2 is 1.79 bits per heavy atom. The molecule has 1 saturated heterocycles. The third-order valence-electron chi connectivity index (χ3n) is 5.74. The molecule has 1 unspecified atom stereocenters. The van der Waals surface area contributed by atoms with Crippen LogP contribution in [0, 0.1) is 0 Å². The zero-order valence-electron chi connectivity index (χ0n) is 16.7. The van der Waals surface area contributed by atoms with Crippen LogP contribution in [0.15, 0.2) is 48.5 Å². The van der Waals surface area contributed by atoms with Gasteiger partial charge in [0.05, 0.1) is 18.0 Å². The third-order valence-corrected chi connectivity index (χ3v) is 6.92. The number of sulfonamides is 1. The first-order valence-corrected chi connectivity index (χ1v) is 12.0. The van der Waals surface area contributed by atoms with Crippen molar-refractivity contribution in [1.82, 2.24) is 10.2 Å².